The summed E-state index contributed by atoms with van der Waals surface area (Å²) in [6, 6.07) is 11.0. The number of nitrogens with zero attached hydrogens (tertiary/aromatic N) is 1. The predicted octanol–water partition coefficient (Wildman–Crippen LogP) is 4.27. The lowest BCUT2D eigenvalue weighted by Gasteiger charge is -2.25. The zero-order valence-corrected chi connectivity index (χ0v) is 16.7. The van der Waals surface area contributed by atoms with E-state index in [0.717, 1.165) is 17.7 Å². The molecule has 2 heterocycles. The molecule has 1 aliphatic heterocycles. The lowest BCUT2D eigenvalue weighted by molar-refractivity contribution is -0.153. The van der Waals surface area contributed by atoms with Crippen molar-refractivity contribution in [3.8, 4) is 0 Å². The average Bonchev–Trinajstić information content (AvgIpc) is 3.21. The van der Waals surface area contributed by atoms with Crippen molar-refractivity contribution in [2.24, 2.45) is 0 Å². The van der Waals surface area contributed by atoms with Crippen LogP contribution in [0.5, 0.6) is 0 Å². The summed E-state index contributed by atoms with van der Waals surface area (Å²) >= 11 is 6.99. The summed E-state index contributed by atoms with van der Waals surface area (Å²) in [5.74, 6) is -0.978. The molecule has 3 rings (SSSR count). The number of anilines is 1. The summed E-state index contributed by atoms with van der Waals surface area (Å²) in [6.07, 6.45) is -0.171. The molecule has 142 valence electrons. The van der Waals surface area contributed by atoms with Crippen LogP contribution < -0.4 is 4.90 Å². The molecule has 0 saturated heterocycles. The van der Waals surface area contributed by atoms with Crippen molar-refractivity contribution < 1.29 is 19.1 Å². The fourth-order valence-electron chi connectivity index (χ4n) is 3.21. The number of thiophene rings is 1. The minimum absolute atomic E-state index is 0.0150. The average molecular weight is 406 g/mol. The van der Waals surface area contributed by atoms with Crippen LogP contribution in [0.4, 0.5) is 5.69 Å². The zero-order valence-electron chi connectivity index (χ0n) is 15.1. The van der Waals surface area contributed by atoms with Gasteiger partial charge in [0.1, 0.15) is 0 Å². The number of halogens is 1. The van der Waals surface area contributed by atoms with Gasteiger partial charge < -0.3 is 9.64 Å². The third-order valence-corrected chi connectivity index (χ3v) is 5.78. The summed E-state index contributed by atoms with van der Waals surface area (Å²) in [7, 11) is 0. The van der Waals surface area contributed by atoms with Gasteiger partial charge in [0.25, 0.3) is 5.91 Å². The Balaban J connectivity index is 1.55. The van der Waals surface area contributed by atoms with E-state index >= 15 is 0 Å². The number of amides is 1. The summed E-state index contributed by atoms with van der Waals surface area (Å²) in [6.45, 7) is 3.53. The first-order valence-electron chi connectivity index (χ1n) is 8.76. The van der Waals surface area contributed by atoms with Crippen LogP contribution in [0.3, 0.4) is 0 Å². The van der Waals surface area contributed by atoms with E-state index in [1.54, 1.807) is 24.0 Å². The molecule has 0 spiro atoms. The van der Waals surface area contributed by atoms with Gasteiger partial charge in [-0.15, -0.1) is 11.3 Å². The van der Waals surface area contributed by atoms with Gasteiger partial charge in [-0.3, -0.25) is 14.4 Å². The highest BCUT2D eigenvalue weighted by Gasteiger charge is 2.34. The highest BCUT2D eigenvalue weighted by atomic mass is 35.5. The van der Waals surface area contributed by atoms with Crippen molar-refractivity contribution in [2.75, 3.05) is 4.90 Å². The number of hydrogen-bond donors (Lipinski definition) is 0. The summed E-state index contributed by atoms with van der Waals surface area (Å²) in [5, 5.41) is 0. The van der Waals surface area contributed by atoms with Gasteiger partial charge in [-0.2, -0.15) is 0 Å². The quantitative estimate of drug-likeness (QED) is 0.531. The van der Waals surface area contributed by atoms with Crippen LogP contribution in [-0.4, -0.2) is 29.8 Å². The van der Waals surface area contributed by atoms with Gasteiger partial charge in [-0.05, 0) is 44.0 Å². The molecule has 0 radical (unpaired) electrons. The van der Waals surface area contributed by atoms with Crippen LogP contribution in [-0.2, 0) is 20.7 Å². The van der Waals surface area contributed by atoms with Crippen molar-refractivity contribution >= 4 is 46.3 Å². The molecule has 0 N–H and O–H groups in total. The molecule has 5 nitrogen and oxygen atoms in total. The Kier molecular flexibility index (Phi) is 5.97. The smallest absolute Gasteiger partial charge is 0.307 e. The highest BCUT2D eigenvalue weighted by molar-refractivity contribution is 7.18. The number of para-hydroxylation sites is 1. The van der Waals surface area contributed by atoms with Crippen LogP contribution in [0.2, 0.25) is 4.34 Å². The van der Waals surface area contributed by atoms with Gasteiger partial charge in [-0.1, -0.05) is 29.8 Å². The summed E-state index contributed by atoms with van der Waals surface area (Å²) in [4.78, 5) is 39.1. The predicted molar refractivity (Wildman–Crippen MR) is 106 cm³/mol. The van der Waals surface area contributed by atoms with Crippen LogP contribution >= 0.6 is 22.9 Å². The maximum Gasteiger partial charge on any atom is 0.307 e. The van der Waals surface area contributed by atoms with Gasteiger partial charge in [-0.25, -0.2) is 0 Å². The fourth-order valence-corrected chi connectivity index (χ4v) is 4.22. The second-order valence-electron chi connectivity index (χ2n) is 6.55. The largest absolute Gasteiger partial charge is 0.453 e. The van der Waals surface area contributed by atoms with Crippen molar-refractivity contribution in [1.29, 1.82) is 0 Å². The molecule has 1 aromatic carbocycles. The Bertz CT molecular complexity index is 878. The molecule has 1 amide bonds. The molecule has 7 heteroatoms. The lowest BCUT2D eigenvalue weighted by Crippen LogP contribution is -2.43. The number of carbonyl (C=O) groups excluding carboxylic acids is 3. The maximum absolute atomic E-state index is 12.8. The Morgan fingerprint density at radius 3 is 2.67 bits per heavy atom. The molecular weight excluding hydrogens is 386 g/mol. The number of ether oxygens (including phenoxy) is 1. The van der Waals surface area contributed by atoms with E-state index in [9.17, 15) is 14.4 Å². The Morgan fingerprint density at radius 1 is 1.22 bits per heavy atom. The first-order chi connectivity index (χ1) is 12.9. The standard InChI is InChI=1S/C20H20ClNO4S/c1-12-11-14-5-3-4-6-15(14)22(12)20(25)13(2)26-19(24)10-7-16(23)17-8-9-18(21)27-17/h3-6,8-9,12-13H,7,10-11H2,1-2H3/t12-,13-/m0/s1. The third-order valence-electron chi connectivity index (χ3n) is 4.50. The minimum atomic E-state index is -0.905. The molecular formula is C20H20ClNO4S. The van der Waals surface area contributed by atoms with E-state index < -0.39 is 12.1 Å². The Labute approximate surface area is 166 Å². The normalized spacial score (nSPS) is 16.7. The second-order valence-corrected chi connectivity index (χ2v) is 8.26. The first-order valence-corrected chi connectivity index (χ1v) is 9.95. The Morgan fingerprint density at radius 2 is 1.96 bits per heavy atom. The second kappa shape index (κ2) is 8.23. The van der Waals surface area contributed by atoms with Crippen molar-refractivity contribution in [3.63, 3.8) is 0 Å². The molecule has 2 atom stereocenters. The number of rotatable bonds is 6. The van der Waals surface area contributed by atoms with E-state index in [0.29, 0.717) is 9.21 Å². The number of benzene rings is 1. The third kappa shape index (κ3) is 4.39. The molecule has 0 saturated carbocycles. The van der Waals surface area contributed by atoms with Gasteiger partial charge in [0, 0.05) is 18.2 Å². The van der Waals surface area contributed by atoms with Gasteiger partial charge in [0.2, 0.25) is 0 Å². The number of esters is 1. The zero-order chi connectivity index (χ0) is 19.6. The molecule has 0 unspecified atom stereocenters. The molecule has 1 aliphatic rings. The first kappa shape index (κ1) is 19.6. The maximum atomic E-state index is 12.8. The van der Waals surface area contributed by atoms with Gasteiger partial charge in [0.05, 0.1) is 15.6 Å². The van der Waals surface area contributed by atoms with E-state index in [1.807, 2.05) is 31.2 Å². The molecule has 0 fully saturated rings. The van der Waals surface area contributed by atoms with Crippen LogP contribution in [0.15, 0.2) is 36.4 Å². The van der Waals surface area contributed by atoms with E-state index in [1.165, 1.54) is 11.3 Å². The monoisotopic (exact) mass is 405 g/mol. The van der Waals surface area contributed by atoms with Crippen molar-refractivity contribution in [3.05, 3.63) is 51.2 Å². The summed E-state index contributed by atoms with van der Waals surface area (Å²) in [5.41, 5.74) is 1.97. The van der Waals surface area contributed by atoms with E-state index in [2.05, 4.69) is 0 Å². The molecule has 0 aliphatic carbocycles. The summed E-state index contributed by atoms with van der Waals surface area (Å²) < 4.78 is 5.80. The lowest BCUT2D eigenvalue weighted by atomic mass is 10.1. The molecule has 0 bridgehead atoms. The molecule has 2 aromatic rings. The Hall–Kier alpha value is -2.18. The van der Waals surface area contributed by atoms with Crippen LogP contribution in [0.25, 0.3) is 0 Å². The van der Waals surface area contributed by atoms with Crippen LogP contribution in [0, 0.1) is 0 Å². The fraction of sp³-hybridized carbons (Fsp3) is 0.350. The number of fused-ring (bicyclic) bond motifs is 1. The van der Waals surface area contributed by atoms with Crippen LogP contribution in [0.1, 0.15) is 41.9 Å². The number of ketones is 1. The molecule has 27 heavy (non-hydrogen) atoms. The van der Waals surface area contributed by atoms with Gasteiger partial charge in [0.15, 0.2) is 11.9 Å². The van der Waals surface area contributed by atoms with E-state index in [-0.39, 0.29) is 30.6 Å². The van der Waals surface area contributed by atoms with Gasteiger partial charge >= 0.3 is 5.97 Å². The number of carbonyl (C=O) groups is 3. The number of Topliss-reactive ketones (excluding diaryl/α,β-unsaturated/α-hetero) is 1. The highest BCUT2D eigenvalue weighted by Crippen LogP contribution is 2.32. The molecule has 1 aromatic heterocycles. The number of hydrogen-bond acceptors (Lipinski definition) is 5. The minimum Gasteiger partial charge on any atom is -0.453 e. The topological polar surface area (TPSA) is 63.7 Å². The van der Waals surface area contributed by atoms with E-state index in [4.69, 9.17) is 16.3 Å². The van der Waals surface area contributed by atoms with Crippen molar-refractivity contribution in [2.45, 2.75) is 45.3 Å². The SMILES string of the molecule is C[C@H](OC(=O)CCC(=O)c1ccc(Cl)s1)C(=O)N1c2ccccc2C[C@@H]1C. The van der Waals surface area contributed by atoms with Crippen molar-refractivity contribution in [1.82, 2.24) is 0 Å².